The molecule has 0 aliphatic heterocycles. The number of nitrogens with two attached hydrogens (primary N) is 1. The highest BCUT2D eigenvalue weighted by Gasteiger charge is 2.00. The molecule has 0 saturated carbocycles. The van der Waals surface area contributed by atoms with E-state index in [1.807, 2.05) is 25.1 Å². The lowest BCUT2D eigenvalue weighted by Crippen LogP contribution is -2.01. The molecule has 0 aliphatic rings. The van der Waals surface area contributed by atoms with Gasteiger partial charge in [-0.15, -0.1) is 11.8 Å². The number of nitrogen functional groups attached to an aromatic ring is 1. The largest absolute Gasteiger partial charge is 0.492 e. The summed E-state index contributed by atoms with van der Waals surface area (Å²) in [5, 5.41) is 0. The van der Waals surface area contributed by atoms with Crippen LogP contribution in [0.5, 0.6) is 5.75 Å². The van der Waals surface area contributed by atoms with E-state index in [-0.39, 0.29) is 5.82 Å². The molecule has 0 fully saturated rings. The monoisotopic (exact) mass is 277 g/mol. The molecule has 0 amide bonds. The van der Waals surface area contributed by atoms with Crippen molar-refractivity contribution in [3.05, 3.63) is 53.8 Å². The maximum atomic E-state index is 12.7. The summed E-state index contributed by atoms with van der Waals surface area (Å²) in [6.07, 6.45) is 0. The number of hydrogen-bond donors (Lipinski definition) is 1. The number of halogens is 1. The molecule has 0 bridgehead atoms. The van der Waals surface area contributed by atoms with E-state index in [9.17, 15) is 4.39 Å². The minimum Gasteiger partial charge on any atom is -0.492 e. The highest BCUT2D eigenvalue weighted by molar-refractivity contribution is 7.99. The van der Waals surface area contributed by atoms with Crippen LogP contribution in [0.3, 0.4) is 0 Å². The van der Waals surface area contributed by atoms with Gasteiger partial charge in [0.25, 0.3) is 0 Å². The van der Waals surface area contributed by atoms with Gasteiger partial charge in [0.05, 0.1) is 6.61 Å². The second-order valence-electron chi connectivity index (χ2n) is 4.18. The Labute approximate surface area is 116 Å². The molecule has 0 aromatic heterocycles. The van der Waals surface area contributed by atoms with Crippen LogP contribution in [0.15, 0.2) is 47.4 Å². The highest BCUT2D eigenvalue weighted by atomic mass is 32.2. The van der Waals surface area contributed by atoms with E-state index in [0.29, 0.717) is 6.61 Å². The number of thioether (sulfide) groups is 1. The van der Waals surface area contributed by atoms with Crippen LogP contribution in [-0.4, -0.2) is 12.4 Å². The van der Waals surface area contributed by atoms with Crippen molar-refractivity contribution in [2.75, 3.05) is 18.1 Å². The second-order valence-corrected chi connectivity index (χ2v) is 5.34. The summed E-state index contributed by atoms with van der Waals surface area (Å²) < 4.78 is 18.4. The fourth-order valence-corrected chi connectivity index (χ4v) is 2.41. The van der Waals surface area contributed by atoms with Crippen molar-refractivity contribution in [1.82, 2.24) is 0 Å². The molecule has 0 atom stereocenters. The molecule has 19 heavy (non-hydrogen) atoms. The zero-order valence-electron chi connectivity index (χ0n) is 10.7. The van der Waals surface area contributed by atoms with Gasteiger partial charge in [-0.2, -0.15) is 0 Å². The summed E-state index contributed by atoms with van der Waals surface area (Å²) in [6.45, 7) is 2.58. The van der Waals surface area contributed by atoms with Crippen LogP contribution >= 0.6 is 11.8 Å². The lowest BCUT2D eigenvalue weighted by atomic mass is 10.2. The first kappa shape index (κ1) is 13.7. The standard InChI is InChI=1S/C15H16FNOS/c1-11-10-13(17)4-7-15(11)18-8-9-19-14-5-2-12(16)3-6-14/h2-7,10H,8-9,17H2,1H3. The summed E-state index contributed by atoms with van der Waals surface area (Å²) in [4.78, 5) is 1.04. The predicted molar refractivity (Wildman–Crippen MR) is 78.2 cm³/mol. The summed E-state index contributed by atoms with van der Waals surface area (Å²) in [5.74, 6) is 1.46. The summed E-state index contributed by atoms with van der Waals surface area (Å²) in [6, 6.07) is 12.1. The van der Waals surface area contributed by atoms with E-state index >= 15 is 0 Å². The van der Waals surface area contributed by atoms with E-state index in [1.165, 1.54) is 12.1 Å². The minimum absolute atomic E-state index is 0.210. The molecule has 2 aromatic rings. The molecule has 0 radical (unpaired) electrons. The Bertz CT molecular complexity index is 542. The molecule has 0 unspecified atom stereocenters. The first-order chi connectivity index (χ1) is 9.15. The smallest absolute Gasteiger partial charge is 0.123 e. The van der Waals surface area contributed by atoms with Crippen molar-refractivity contribution in [3.63, 3.8) is 0 Å². The van der Waals surface area contributed by atoms with Gasteiger partial charge in [0.2, 0.25) is 0 Å². The molecule has 100 valence electrons. The Hall–Kier alpha value is -1.68. The Balaban J connectivity index is 1.79. The fraction of sp³-hybridized carbons (Fsp3) is 0.200. The van der Waals surface area contributed by atoms with Crippen molar-refractivity contribution in [2.45, 2.75) is 11.8 Å². The van der Waals surface area contributed by atoms with Gasteiger partial charge in [0, 0.05) is 16.3 Å². The van der Waals surface area contributed by atoms with Gasteiger partial charge in [-0.3, -0.25) is 0 Å². The van der Waals surface area contributed by atoms with Crippen LogP contribution in [0.4, 0.5) is 10.1 Å². The summed E-state index contributed by atoms with van der Waals surface area (Å²) >= 11 is 1.64. The quantitative estimate of drug-likeness (QED) is 0.511. The van der Waals surface area contributed by atoms with Crippen LogP contribution in [0.25, 0.3) is 0 Å². The fourth-order valence-electron chi connectivity index (χ4n) is 1.68. The number of benzene rings is 2. The third-order valence-electron chi connectivity index (χ3n) is 2.62. The van der Waals surface area contributed by atoms with Crippen LogP contribution < -0.4 is 10.5 Å². The van der Waals surface area contributed by atoms with E-state index < -0.39 is 0 Å². The van der Waals surface area contributed by atoms with Crippen LogP contribution in [0.1, 0.15) is 5.56 Å². The third kappa shape index (κ3) is 4.17. The van der Waals surface area contributed by atoms with E-state index in [1.54, 1.807) is 23.9 Å². The maximum Gasteiger partial charge on any atom is 0.123 e. The molecular formula is C15H16FNOS. The zero-order chi connectivity index (χ0) is 13.7. The lowest BCUT2D eigenvalue weighted by Gasteiger charge is -2.09. The van der Waals surface area contributed by atoms with Crippen molar-refractivity contribution in [2.24, 2.45) is 0 Å². The summed E-state index contributed by atoms with van der Waals surface area (Å²) in [5.41, 5.74) is 7.46. The van der Waals surface area contributed by atoms with Gasteiger partial charge >= 0.3 is 0 Å². The Morgan fingerprint density at radius 1 is 1.16 bits per heavy atom. The van der Waals surface area contributed by atoms with E-state index in [4.69, 9.17) is 10.5 Å². The molecule has 2 nitrogen and oxygen atoms in total. The van der Waals surface area contributed by atoms with Gasteiger partial charge in [-0.1, -0.05) is 0 Å². The SMILES string of the molecule is Cc1cc(N)ccc1OCCSc1ccc(F)cc1. The molecule has 2 N–H and O–H groups in total. The van der Waals surface area contributed by atoms with Gasteiger partial charge in [0.1, 0.15) is 11.6 Å². The highest BCUT2D eigenvalue weighted by Crippen LogP contribution is 2.22. The number of aryl methyl sites for hydroxylation is 1. The Morgan fingerprint density at radius 3 is 2.58 bits per heavy atom. The normalized spacial score (nSPS) is 10.4. The van der Waals surface area contributed by atoms with Gasteiger partial charge in [-0.05, 0) is 55.0 Å². The van der Waals surface area contributed by atoms with Gasteiger partial charge in [-0.25, -0.2) is 4.39 Å². The van der Waals surface area contributed by atoms with Crippen molar-refractivity contribution in [3.8, 4) is 5.75 Å². The molecule has 2 rings (SSSR count). The minimum atomic E-state index is -0.210. The third-order valence-corrected chi connectivity index (χ3v) is 3.60. The van der Waals surface area contributed by atoms with Crippen LogP contribution in [0.2, 0.25) is 0 Å². The topological polar surface area (TPSA) is 35.2 Å². The lowest BCUT2D eigenvalue weighted by molar-refractivity contribution is 0.341. The second kappa shape index (κ2) is 6.48. The molecule has 0 heterocycles. The van der Waals surface area contributed by atoms with Crippen molar-refractivity contribution >= 4 is 17.4 Å². The van der Waals surface area contributed by atoms with Crippen LogP contribution in [-0.2, 0) is 0 Å². The Kier molecular flexibility index (Phi) is 4.68. The average molecular weight is 277 g/mol. The molecular weight excluding hydrogens is 261 g/mol. The van der Waals surface area contributed by atoms with Crippen molar-refractivity contribution < 1.29 is 9.13 Å². The molecule has 0 aliphatic carbocycles. The molecule has 2 aromatic carbocycles. The number of anilines is 1. The zero-order valence-corrected chi connectivity index (χ0v) is 11.5. The number of hydrogen-bond acceptors (Lipinski definition) is 3. The number of ether oxygens (including phenoxy) is 1. The molecule has 4 heteroatoms. The maximum absolute atomic E-state index is 12.7. The van der Waals surface area contributed by atoms with Crippen molar-refractivity contribution in [1.29, 1.82) is 0 Å². The van der Waals surface area contributed by atoms with Gasteiger partial charge in [0.15, 0.2) is 0 Å². The number of rotatable bonds is 5. The first-order valence-corrected chi connectivity index (χ1v) is 7.01. The average Bonchev–Trinajstić information content (AvgIpc) is 2.39. The molecule has 0 spiro atoms. The van der Waals surface area contributed by atoms with E-state index in [0.717, 1.165) is 27.6 Å². The van der Waals surface area contributed by atoms with E-state index in [2.05, 4.69) is 0 Å². The molecule has 0 saturated heterocycles. The van der Waals surface area contributed by atoms with Gasteiger partial charge < -0.3 is 10.5 Å². The Morgan fingerprint density at radius 2 is 1.89 bits per heavy atom. The predicted octanol–water partition coefficient (Wildman–Crippen LogP) is 3.89. The summed E-state index contributed by atoms with van der Waals surface area (Å²) in [7, 11) is 0. The van der Waals surface area contributed by atoms with Crippen LogP contribution in [0, 0.1) is 12.7 Å². The first-order valence-electron chi connectivity index (χ1n) is 6.02.